The van der Waals surface area contributed by atoms with Gasteiger partial charge in [0.1, 0.15) is 0 Å². The van der Waals surface area contributed by atoms with Crippen LogP contribution in [0.15, 0.2) is 0 Å². The van der Waals surface area contributed by atoms with E-state index in [1.165, 1.54) is 19.3 Å². The summed E-state index contributed by atoms with van der Waals surface area (Å²) in [5.74, 6) is 0.321. The summed E-state index contributed by atoms with van der Waals surface area (Å²) in [6.07, 6.45) is 4.76. The lowest BCUT2D eigenvalue weighted by atomic mass is 10.0. The van der Waals surface area contributed by atoms with Gasteiger partial charge >= 0.3 is 0 Å². The number of amides is 1. The summed E-state index contributed by atoms with van der Waals surface area (Å²) in [6, 6.07) is 1.47. The third-order valence-electron chi connectivity index (χ3n) is 5.16. The van der Waals surface area contributed by atoms with Crippen LogP contribution in [0.2, 0.25) is 0 Å². The van der Waals surface area contributed by atoms with E-state index in [0.717, 1.165) is 26.1 Å². The van der Waals surface area contributed by atoms with Crippen molar-refractivity contribution in [3.8, 4) is 0 Å². The molecule has 0 spiro atoms. The van der Waals surface area contributed by atoms with Crippen molar-refractivity contribution in [3.63, 3.8) is 0 Å². The molecule has 2 aliphatic heterocycles. The van der Waals surface area contributed by atoms with Crippen molar-refractivity contribution < 1.29 is 4.79 Å². The first-order chi connectivity index (χ1) is 9.56. The van der Waals surface area contributed by atoms with Crippen LogP contribution in [0.25, 0.3) is 0 Å². The number of piperidine rings is 1. The Labute approximate surface area is 123 Å². The maximum absolute atomic E-state index is 12.9. The van der Waals surface area contributed by atoms with Crippen molar-refractivity contribution in [2.45, 2.75) is 77.5 Å². The zero-order chi connectivity index (χ0) is 14.7. The second-order valence-corrected chi connectivity index (χ2v) is 6.52. The van der Waals surface area contributed by atoms with Crippen molar-refractivity contribution in [3.05, 3.63) is 0 Å². The molecule has 2 saturated heterocycles. The smallest absolute Gasteiger partial charge is 0.239 e. The molecule has 4 atom stereocenters. The second kappa shape index (κ2) is 6.90. The van der Waals surface area contributed by atoms with Gasteiger partial charge in [-0.3, -0.25) is 9.69 Å². The topological polar surface area (TPSA) is 35.6 Å². The number of rotatable bonds is 4. The molecule has 1 N–H and O–H groups in total. The highest BCUT2D eigenvalue weighted by Crippen LogP contribution is 2.27. The molecule has 0 aromatic rings. The van der Waals surface area contributed by atoms with E-state index in [-0.39, 0.29) is 6.04 Å². The van der Waals surface area contributed by atoms with E-state index in [4.69, 9.17) is 0 Å². The van der Waals surface area contributed by atoms with Gasteiger partial charge in [0.05, 0.1) is 6.04 Å². The lowest BCUT2D eigenvalue weighted by molar-refractivity contribution is -0.140. The minimum atomic E-state index is 0.0179. The van der Waals surface area contributed by atoms with Gasteiger partial charge in [-0.15, -0.1) is 0 Å². The fourth-order valence-corrected chi connectivity index (χ4v) is 4.04. The molecule has 20 heavy (non-hydrogen) atoms. The minimum Gasteiger partial charge on any atom is -0.337 e. The molecule has 2 rings (SSSR count). The van der Waals surface area contributed by atoms with Crippen LogP contribution in [0.4, 0.5) is 0 Å². The molecule has 4 unspecified atom stereocenters. The highest BCUT2D eigenvalue weighted by molar-refractivity contribution is 5.82. The number of hydrogen-bond acceptors (Lipinski definition) is 3. The Morgan fingerprint density at radius 3 is 2.45 bits per heavy atom. The molecule has 0 radical (unpaired) electrons. The molecule has 4 nitrogen and oxygen atoms in total. The standard InChI is InChI=1S/C16H31N3O/c1-5-18(15-7-6-10-17-11-15)16(20)14(4)19-12(2)8-9-13(19)3/h12-15,17H,5-11H2,1-4H3. The van der Waals surface area contributed by atoms with Crippen LogP contribution in [0.1, 0.15) is 53.4 Å². The van der Waals surface area contributed by atoms with Crippen LogP contribution in [-0.2, 0) is 4.79 Å². The molecule has 1 amide bonds. The summed E-state index contributed by atoms with van der Waals surface area (Å²) in [6.45, 7) is 11.6. The van der Waals surface area contributed by atoms with Crippen LogP contribution in [0.3, 0.4) is 0 Å². The van der Waals surface area contributed by atoms with Gasteiger partial charge in [-0.2, -0.15) is 0 Å². The first-order valence-electron chi connectivity index (χ1n) is 8.34. The molecule has 0 bridgehead atoms. The molecule has 2 fully saturated rings. The maximum Gasteiger partial charge on any atom is 0.239 e. The fraction of sp³-hybridized carbons (Fsp3) is 0.938. The molecular formula is C16H31N3O. The highest BCUT2D eigenvalue weighted by Gasteiger charge is 2.37. The van der Waals surface area contributed by atoms with Gasteiger partial charge in [0.2, 0.25) is 5.91 Å². The van der Waals surface area contributed by atoms with Gasteiger partial charge < -0.3 is 10.2 Å². The second-order valence-electron chi connectivity index (χ2n) is 6.52. The van der Waals surface area contributed by atoms with Gasteiger partial charge in [-0.25, -0.2) is 0 Å². The van der Waals surface area contributed by atoms with Crippen molar-refractivity contribution >= 4 is 5.91 Å². The van der Waals surface area contributed by atoms with Crippen LogP contribution < -0.4 is 5.32 Å². The number of nitrogens with one attached hydrogen (secondary N) is 1. The monoisotopic (exact) mass is 281 g/mol. The molecule has 116 valence electrons. The number of likely N-dealkylation sites (tertiary alicyclic amines) is 1. The maximum atomic E-state index is 12.9. The van der Waals surface area contributed by atoms with E-state index < -0.39 is 0 Å². The molecule has 4 heteroatoms. The predicted molar refractivity (Wildman–Crippen MR) is 82.7 cm³/mol. The lowest BCUT2D eigenvalue weighted by Gasteiger charge is -2.39. The number of nitrogens with zero attached hydrogens (tertiary/aromatic N) is 2. The van der Waals surface area contributed by atoms with E-state index in [1.54, 1.807) is 0 Å². The van der Waals surface area contributed by atoms with Crippen LogP contribution >= 0.6 is 0 Å². The number of hydrogen-bond donors (Lipinski definition) is 1. The Kier molecular flexibility index (Phi) is 5.44. The van der Waals surface area contributed by atoms with Crippen LogP contribution in [0.5, 0.6) is 0 Å². The van der Waals surface area contributed by atoms with Crippen molar-refractivity contribution in [1.82, 2.24) is 15.1 Å². The average Bonchev–Trinajstić information content (AvgIpc) is 2.79. The first kappa shape index (κ1) is 15.8. The Bertz CT molecular complexity index is 318. The van der Waals surface area contributed by atoms with Gasteiger partial charge in [0, 0.05) is 31.2 Å². The third-order valence-corrected chi connectivity index (χ3v) is 5.16. The molecule has 0 saturated carbocycles. The van der Waals surface area contributed by atoms with Gasteiger partial charge in [0.25, 0.3) is 0 Å². The van der Waals surface area contributed by atoms with Gasteiger partial charge in [0.15, 0.2) is 0 Å². The van der Waals surface area contributed by atoms with Crippen molar-refractivity contribution in [2.24, 2.45) is 0 Å². The Morgan fingerprint density at radius 1 is 1.30 bits per heavy atom. The molecular weight excluding hydrogens is 250 g/mol. The molecule has 0 aromatic heterocycles. The van der Waals surface area contributed by atoms with Crippen molar-refractivity contribution in [2.75, 3.05) is 19.6 Å². The Morgan fingerprint density at radius 2 is 1.95 bits per heavy atom. The number of likely N-dealkylation sites (N-methyl/N-ethyl adjacent to an activating group) is 1. The summed E-state index contributed by atoms with van der Waals surface area (Å²) in [5, 5.41) is 3.42. The Balaban J connectivity index is 2.03. The van der Waals surface area contributed by atoms with Gasteiger partial charge in [-0.05, 0) is 59.9 Å². The van der Waals surface area contributed by atoms with Crippen LogP contribution in [0, 0.1) is 0 Å². The largest absolute Gasteiger partial charge is 0.337 e. The van der Waals surface area contributed by atoms with E-state index in [1.807, 2.05) is 0 Å². The molecule has 0 aromatic carbocycles. The zero-order valence-corrected chi connectivity index (χ0v) is 13.6. The molecule has 2 aliphatic rings. The number of carbonyl (C=O) groups is 1. The van der Waals surface area contributed by atoms with E-state index in [0.29, 0.717) is 24.0 Å². The lowest BCUT2D eigenvalue weighted by Crippen LogP contribution is -2.55. The SMILES string of the molecule is CCN(C(=O)C(C)N1C(C)CCC1C)C1CCCNC1. The number of carbonyl (C=O) groups excluding carboxylic acids is 1. The summed E-state index contributed by atoms with van der Waals surface area (Å²) in [5.41, 5.74) is 0. The Hall–Kier alpha value is -0.610. The van der Waals surface area contributed by atoms with E-state index >= 15 is 0 Å². The average molecular weight is 281 g/mol. The molecule has 2 heterocycles. The predicted octanol–water partition coefficient (Wildman–Crippen LogP) is 1.85. The zero-order valence-electron chi connectivity index (χ0n) is 13.6. The summed E-state index contributed by atoms with van der Waals surface area (Å²) >= 11 is 0. The summed E-state index contributed by atoms with van der Waals surface area (Å²) in [7, 11) is 0. The summed E-state index contributed by atoms with van der Waals surface area (Å²) < 4.78 is 0. The highest BCUT2D eigenvalue weighted by atomic mass is 16.2. The molecule has 0 aliphatic carbocycles. The quantitative estimate of drug-likeness (QED) is 0.854. The fourth-order valence-electron chi connectivity index (χ4n) is 4.04. The first-order valence-corrected chi connectivity index (χ1v) is 8.34. The van der Waals surface area contributed by atoms with Gasteiger partial charge in [-0.1, -0.05) is 0 Å². The normalized spacial score (nSPS) is 33.1. The summed E-state index contributed by atoms with van der Waals surface area (Å²) in [4.78, 5) is 17.4. The minimum absolute atomic E-state index is 0.0179. The van der Waals surface area contributed by atoms with E-state index in [2.05, 4.69) is 42.8 Å². The van der Waals surface area contributed by atoms with E-state index in [9.17, 15) is 4.79 Å². The van der Waals surface area contributed by atoms with Crippen LogP contribution in [-0.4, -0.2) is 59.5 Å². The van der Waals surface area contributed by atoms with Crippen molar-refractivity contribution in [1.29, 1.82) is 0 Å². The third kappa shape index (κ3) is 3.17.